The van der Waals surface area contributed by atoms with E-state index in [1.54, 1.807) is 49.6 Å². The van der Waals surface area contributed by atoms with Gasteiger partial charge in [0.05, 0.1) is 7.11 Å². The molecule has 0 aliphatic rings. The third-order valence-electron chi connectivity index (χ3n) is 2.87. The molecule has 0 fully saturated rings. The SMILES string of the molecule is COc1ccc(/C=C/OS(=O)(=O)c2ccc(C)cc2)cc1. The second kappa shape index (κ2) is 6.45. The number of rotatable bonds is 5. The van der Waals surface area contributed by atoms with Crippen LogP contribution in [0, 0.1) is 6.92 Å². The summed E-state index contributed by atoms with van der Waals surface area (Å²) in [5.74, 6) is 0.736. The van der Waals surface area contributed by atoms with E-state index in [-0.39, 0.29) is 4.90 Å². The zero-order valence-corrected chi connectivity index (χ0v) is 12.6. The number of benzene rings is 2. The highest BCUT2D eigenvalue weighted by molar-refractivity contribution is 7.86. The molecule has 0 unspecified atom stereocenters. The highest BCUT2D eigenvalue weighted by atomic mass is 32.2. The summed E-state index contributed by atoms with van der Waals surface area (Å²) < 4.78 is 33.8. The van der Waals surface area contributed by atoms with E-state index in [1.807, 2.05) is 6.92 Å². The fraction of sp³-hybridized carbons (Fsp3) is 0.125. The van der Waals surface area contributed by atoms with Gasteiger partial charge in [0.1, 0.15) is 16.9 Å². The molecule has 0 atom stereocenters. The van der Waals surface area contributed by atoms with Crippen molar-refractivity contribution in [3.05, 3.63) is 65.9 Å². The van der Waals surface area contributed by atoms with Crippen LogP contribution in [0.15, 0.2) is 59.7 Å². The average molecular weight is 304 g/mol. The third-order valence-corrected chi connectivity index (χ3v) is 4.08. The lowest BCUT2D eigenvalue weighted by Gasteiger charge is -2.03. The van der Waals surface area contributed by atoms with Crippen molar-refractivity contribution in [1.82, 2.24) is 0 Å². The Morgan fingerprint density at radius 2 is 1.57 bits per heavy atom. The Morgan fingerprint density at radius 1 is 0.952 bits per heavy atom. The maximum absolute atomic E-state index is 11.9. The van der Waals surface area contributed by atoms with E-state index in [4.69, 9.17) is 8.92 Å². The van der Waals surface area contributed by atoms with Gasteiger partial charge in [0.15, 0.2) is 0 Å². The monoisotopic (exact) mass is 304 g/mol. The minimum atomic E-state index is -3.77. The molecular weight excluding hydrogens is 288 g/mol. The molecule has 0 saturated heterocycles. The molecule has 21 heavy (non-hydrogen) atoms. The molecule has 2 aromatic rings. The first kappa shape index (κ1) is 15.1. The van der Waals surface area contributed by atoms with E-state index in [0.717, 1.165) is 23.1 Å². The van der Waals surface area contributed by atoms with Crippen LogP contribution in [-0.4, -0.2) is 15.5 Å². The summed E-state index contributed by atoms with van der Waals surface area (Å²) in [6.45, 7) is 1.89. The van der Waals surface area contributed by atoms with Crippen LogP contribution in [0.5, 0.6) is 5.75 Å². The van der Waals surface area contributed by atoms with E-state index >= 15 is 0 Å². The molecule has 110 valence electrons. The van der Waals surface area contributed by atoms with Crippen molar-refractivity contribution in [2.75, 3.05) is 7.11 Å². The van der Waals surface area contributed by atoms with Gasteiger partial charge in [-0.1, -0.05) is 29.8 Å². The maximum Gasteiger partial charge on any atom is 0.338 e. The minimum absolute atomic E-state index is 0.132. The lowest BCUT2D eigenvalue weighted by atomic mass is 10.2. The van der Waals surface area contributed by atoms with Crippen LogP contribution in [0.1, 0.15) is 11.1 Å². The Balaban J connectivity index is 2.06. The molecule has 2 aromatic carbocycles. The Bertz CT molecular complexity index is 714. The Hall–Kier alpha value is -2.27. The average Bonchev–Trinajstić information content (AvgIpc) is 2.48. The first-order valence-corrected chi connectivity index (χ1v) is 7.73. The summed E-state index contributed by atoms with van der Waals surface area (Å²) in [6, 6.07) is 13.7. The van der Waals surface area contributed by atoms with E-state index in [9.17, 15) is 8.42 Å². The van der Waals surface area contributed by atoms with Gasteiger partial charge in [0.2, 0.25) is 0 Å². The molecule has 2 rings (SSSR count). The number of ether oxygens (including phenoxy) is 1. The summed E-state index contributed by atoms with van der Waals surface area (Å²) in [6.07, 6.45) is 2.74. The second-order valence-corrected chi connectivity index (χ2v) is 6.01. The number of aryl methyl sites for hydroxylation is 1. The topological polar surface area (TPSA) is 52.6 Å². The van der Waals surface area contributed by atoms with E-state index < -0.39 is 10.1 Å². The first-order valence-electron chi connectivity index (χ1n) is 6.32. The zero-order valence-electron chi connectivity index (χ0n) is 11.8. The van der Waals surface area contributed by atoms with Gasteiger partial charge in [-0.15, -0.1) is 0 Å². The van der Waals surface area contributed by atoms with Crippen molar-refractivity contribution < 1.29 is 17.3 Å². The van der Waals surface area contributed by atoms with Crippen LogP contribution >= 0.6 is 0 Å². The third kappa shape index (κ3) is 4.10. The molecule has 0 aliphatic carbocycles. The largest absolute Gasteiger partial charge is 0.497 e. The van der Waals surface area contributed by atoms with Crippen LogP contribution in [0.3, 0.4) is 0 Å². The highest BCUT2D eigenvalue weighted by Gasteiger charge is 2.13. The van der Waals surface area contributed by atoms with Crippen molar-refractivity contribution in [1.29, 1.82) is 0 Å². The molecule has 0 spiro atoms. The molecule has 4 nitrogen and oxygen atoms in total. The van der Waals surface area contributed by atoms with Gasteiger partial charge >= 0.3 is 10.1 Å². The number of methoxy groups -OCH3 is 1. The summed E-state index contributed by atoms with van der Waals surface area (Å²) in [5.41, 5.74) is 1.80. The van der Waals surface area contributed by atoms with Crippen molar-refractivity contribution >= 4 is 16.2 Å². The molecule has 0 bridgehead atoms. The van der Waals surface area contributed by atoms with E-state index in [2.05, 4.69) is 0 Å². The lowest BCUT2D eigenvalue weighted by Crippen LogP contribution is -2.01. The van der Waals surface area contributed by atoms with Crippen LogP contribution in [0.2, 0.25) is 0 Å². The standard InChI is InChI=1S/C16H16O4S/c1-13-3-9-16(10-4-13)21(17,18)20-12-11-14-5-7-15(19-2)8-6-14/h3-12H,1-2H3/b12-11+. The van der Waals surface area contributed by atoms with Gasteiger partial charge in [0, 0.05) is 0 Å². The van der Waals surface area contributed by atoms with E-state index in [1.165, 1.54) is 12.1 Å². The molecular formula is C16H16O4S. The summed E-state index contributed by atoms with van der Waals surface area (Å²) in [5, 5.41) is 0. The van der Waals surface area contributed by atoms with Crippen molar-refractivity contribution in [2.24, 2.45) is 0 Å². The first-order chi connectivity index (χ1) is 10.0. The fourth-order valence-corrected chi connectivity index (χ4v) is 2.44. The van der Waals surface area contributed by atoms with Crippen LogP contribution < -0.4 is 4.74 Å². The molecule has 0 aromatic heterocycles. The molecule has 0 heterocycles. The molecule has 0 N–H and O–H groups in total. The van der Waals surface area contributed by atoms with Gasteiger partial charge in [-0.2, -0.15) is 8.42 Å². The molecule has 5 heteroatoms. The van der Waals surface area contributed by atoms with Crippen molar-refractivity contribution in [3.8, 4) is 5.75 Å². The van der Waals surface area contributed by atoms with Gasteiger partial charge in [-0.25, -0.2) is 0 Å². The highest BCUT2D eigenvalue weighted by Crippen LogP contribution is 2.15. The predicted molar refractivity (Wildman–Crippen MR) is 81.5 cm³/mol. The maximum atomic E-state index is 11.9. The summed E-state index contributed by atoms with van der Waals surface area (Å²) in [7, 11) is -2.19. The Kier molecular flexibility index (Phi) is 4.65. The van der Waals surface area contributed by atoms with E-state index in [0.29, 0.717) is 0 Å². The molecule has 0 saturated carbocycles. The summed E-state index contributed by atoms with van der Waals surface area (Å²) in [4.78, 5) is 0.132. The van der Waals surface area contributed by atoms with Crippen molar-refractivity contribution in [2.45, 2.75) is 11.8 Å². The number of hydrogen-bond donors (Lipinski definition) is 0. The van der Waals surface area contributed by atoms with Crippen LogP contribution in [0.4, 0.5) is 0 Å². The van der Waals surface area contributed by atoms with Gasteiger partial charge in [0.25, 0.3) is 0 Å². The lowest BCUT2D eigenvalue weighted by molar-refractivity contribution is 0.414. The molecule has 0 radical (unpaired) electrons. The van der Waals surface area contributed by atoms with Gasteiger partial charge in [-0.05, 0) is 42.8 Å². The minimum Gasteiger partial charge on any atom is -0.497 e. The second-order valence-electron chi connectivity index (χ2n) is 4.44. The fourth-order valence-electron chi connectivity index (χ4n) is 1.65. The van der Waals surface area contributed by atoms with Crippen molar-refractivity contribution in [3.63, 3.8) is 0 Å². The Labute approximate surface area is 124 Å². The summed E-state index contributed by atoms with van der Waals surface area (Å²) >= 11 is 0. The van der Waals surface area contributed by atoms with Gasteiger partial charge < -0.3 is 8.92 Å². The van der Waals surface area contributed by atoms with Crippen LogP contribution in [-0.2, 0) is 14.3 Å². The quantitative estimate of drug-likeness (QED) is 0.627. The molecule has 0 aliphatic heterocycles. The van der Waals surface area contributed by atoms with Crippen LogP contribution in [0.25, 0.3) is 6.08 Å². The molecule has 0 amide bonds. The predicted octanol–water partition coefficient (Wildman–Crippen LogP) is 3.38. The van der Waals surface area contributed by atoms with Gasteiger partial charge in [-0.3, -0.25) is 0 Å². The normalized spacial score (nSPS) is 11.5. The smallest absolute Gasteiger partial charge is 0.338 e. The number of hydrogen-bond acceptors (Lipinski definition) is 4. The Morgan fingerprint density at radius 3 is 2.14 bits per heavy atom. The zero-order chi connectivity index (χ0) is 15.3.